The van der Waals surface area contributed by atoms with Crippen molar-refractivity contribution in [1.29, 1.82) is 0 Å². The highest BCUT2D eigenvalue weighted by Crippen LogP contribution is 2.76. The first-order chi connectivity index (χ1) is 15.6. The van der Waals surface area contributed by atoms with Crippen LogP contribution in [0.2, 0.25) is 5.02 Å². The molecule has 2 spiro atoms. The summed E-state index contributed by atoms with van der Waals surface area (Å²) in [6, 6.07) is 7.29. The Morgan fingerprint density at radius 2 is 1.91 bits per heavy atom. The van der Waals surface area contributed by atoms with Crippen LogP contribution in [0.3, 0.4) is 0 Å². The minimum atomic E-state index is -1.64. The molecule has 5 nitrogen and oxygen atoms in total. The Morgan fingerprint density at radius 3 is 2.64 bits per heavy atom. The van der Waals surface area contributed by atoms with E-state index >= 15 is 0 Å². The number of Topliss-reactive ketones (excluding diaryl/α,β-unsaturated/α-hetero) is 1. The molecule has 4 bridgehead atoms. The van der Waals surface area contributed by atoms with Crippen molar-refractivity contribution in [3.05, 3.63) is 59.2 Å². The van der Waals surface area contributed by atoms with Crippen molar-refractivity contribution < 1.29 is 24.5 Å². The Balaban J connectivity index is 1.54. The van der Waals surface area contributed by atoms with Gasteiger partial charge in [-0.1, -0.05) is 56.3 Å². The van der Waals surface area contributed by atoms with Crippen LogP contribution in [-0.2, 0) is 20.9 Å². The Bertz CT molecular complexity index is 1060. The smallest absolute Gasteiger partial charge is 0.211 e. The molecule has 2 N–H and O–H groups in total. The first-order valence-electron chi connectivity index (χ1n) is 11.9. The predicted octanol–water partition coefficient (Wildman–Crippen LogP) is 4.06. The Labute approximate surface area is 199 Å². The number of allylic oxidation sites excluding steroid dienone is 1. The molecule has 4 aliphatic carbocycles. The van der Waals surface area contributed by atoms with Crippen molar-refractivity contribution in [3.63, 3.8) is 0 Å². The molecule has 0 amide bonds. The quantitative estimate of drug-likeness (QED) is 0.514. The highest BCUT2D eigenvalue weighted by atomic mass is 35.5. The molecule has 0 radical (unpaired) electrons. The van der Waals surface area contributed by atoms with Crippen LogP contribution in [0.4, 0.5) is 0 Å². The van der Waals surface area contributed by atoms with Gasteiger partial charge in [0.25, 0.3) is 0 Å². The van der Waals surface area contributed by atoms with E-state index in [4.69, 9.17) is 21.1 Å². The lowest BCUT2D eigenvalue weighted by Gasteiger charge is -2.73. The number of carbonyl (C=O) groups is 1. The van der Waals surface area contributed by atoms with Crippen molar-refractivity contribution in [1.82, 2.24) is 0 Å². The van der Waals surface area contributed by atoms with Crippen LogP contribution in [0, 0.1) is 34.0 Å². The molecule has 7 rings (SSSR count). The van der Waals surface area contributed by atoms with Crippen LogP contribution in [-0.4, -0.2) is 40.6 Å². The summed E-state index contributed by atoms with van der Waals surface area (Å²) in [5, 5.41) is 24.4. The number of ether oxygens (including phenoxy) is 2. The Hall–Kier alpha value is -1.50. The number of aliphatic hydroxyl groups excluding tert-OH is 2. The molecule has 1 aromatic carbocycles. The fourth-order valence-corrected chi connectivity index (χ4v) is 8.52. The van der Waals surface area contributed by atoms with E-state index in [-0.39, 0.29) is 35.6 Å². The van der Waals surface area contributed by atoms with Gasteiger partial charge in [-0.05, 0) is 53.9 Å². The van der Waals surface area contributed by atoms with Gasteiger partial charge in [-0.25, -0.2) is 0 Å². The topological polar surface area (TPSA) is 76.0 Å². The zero-order valence-electron chi connectivity index (χ0n) is 19.1. The van der Waals surface area contributed by atoms with Gasteiger partial charge in [0.1, 0.15) is 11.5 Å². The second kappa shape index (κ2) is 6.79. The maximum Gasteiger partial charge on any atom is 0.211 e. The summed E-state index contributed by atoms with van der Waals surface area (Å²) < 4.78 is 13.0. The number of rotatable bonds is 3. The summed E-state index contributed by atoms with van der Waals surface area (Å²) in [5.74, 6) is -2.51. The van der Waals surface area contributed by atoms with Gasteiger partial charge < -0.3 is 19.7 Å². The number of hydrogen-bond donors (Lipinski definition) is 2. The number of halogens is 1. The molecule has 8 atom stereocenters. The lowest BCUT2D eigenvalue weighted by molar-refractivity contribution is -0.450. The molecule has 5 fully saturated rings. The van der Waals surface area contributed by atoms with Gasteiger partial charge in [-0.15, -0.1) is 0 Å². The van der Waals surface area contributed by atoms with Crippen molar-refractivity contribution in [2.75, 3.05) is 6.61 Å². The molecular formula is C27H31ClO5. The van der Waals surface area contributed by atoms with E-state index in [1.165, 1.54) is 0 Å². The number of carbonyl (C=O) groups excluding carboxylic acids is 1. The molecule has 0 aromatic heterocycles. The average molecular weight is 471 g/mol. The zero-order valence-corrected chi connectivity index (χ0v) is 19.8. The molecule has 6 heteroatoms. The first kappa shape index (κ1) is 22.0. The van der Waals surface area contributed by atoms with Gasteiger partial charge in [-0.3, -0.25) is 4.79 Å². The van der Waals surface area contributed by atoms with Gasteiger partial charge >= 0.3 is 0 Å². The fourth-order valence-electron chi connectivity index (χ4n) is 8.40. The minimum absolute atomic E-state index is 0.135. The second-order valence-corrected chi connectivity index (χ2v) is 11.8. The van der Waals surface area contributed by atoms with Crippen LogP contribution in [0.15, 0.2) is 48.6 Å². The Morgan fingerprint density at radius 1 is 1.18 bits per heavy atom. The molecule has 1 aromatic rings. The van der Waals surface area contributed by atoms with E-state index in [0.717, 1.165) is 18.4 Å². The van der Waals surface area contributed by atoms with Gasteiger partial charge in [-0.2, -0.15) is 0 Å². The van der Waals surface area contributed by atoms with E-state index in [1.54, 1.807) is 12.1 Å². The van der Waals surface area contributed by atoms with E-state index in [1.807, 2.05) is 12.1 Å². The minimum Gasteiger partial charge on any atom is -0.391 e. The molecule has 176 valence electrons. The summed E-state index contributed by atoms with van der Waals surface area (Å²) in [6.45, 7) is 8.91. The van der Waals surface area contributed by atoms with Crippen LogP contribution in [0.1, 0.15) is 38.7 Å². The standard InChI is InChI=1S/C27H31ClO5/c1-15-18-9-10-19-25-12-4-11-24(2,3)20(25)23(31)27(33-14-25,26(19,21(15)29)22(18)30)32-13-16-5-7-17(28)8-6-16/h4-8,12,18-20,22-23,30-31H,1,9-11,13-14H2,2-3H3/t18-,19-,20+,22+,23-,25+,26-,27+/m0/s1. The zero-order chi connectivity index (χ0) is 23.4. The third-order valence-corrected chi connectivity index (χ3v) is 9.86. The summed E-state index contributed by atoms with van der Waals surface area (Å²) in [4.78, 5) is 14.0. The largest absolute Gasteiger partial charge is 0.391 e. The van der Waals surface area contributed by atoms with E-state index in [9.17, 15) is 15.0 Å². The van der Waals surface area contributed by atoms with E-state index in [0.29, 0.717) is 23.6 Å². The number of fused-ring (bicyclic) bond motifs is 2. The molecule has 3 saturated carbocycles. The van der Waals surface area contributed by atoms with Crippen LogP contribution in [0.5, 0.6) is 0 Å². The maximum atomic E-state index is 14.0. The number of ketones is 1. The van der Waals surface area contributed by atoms with Crippen molar-refractivity contribution in [3.8, 4) is 0 Å². The summed E-state index contributed by atoms with van der Waals surface area (Å²) in [7, 11) is 0. The van der Waals surface area contributed by atoms with Gasteiger partial charge in [0.2, 0.25) is 5.79 Å². The van der Waals surface area contributed by atoms with Crippen LogP contribution >= 0.6 is 11.6 Å². The van der Waals surface area contributed by atoms with E-state index in [2.05, 4.69) is 32.6 Å². The van der Waals surface area contributed by atoms with Crippen molar-refractivity contribution in [2.24, 2.45) is 34.0 Å². The lowest BCUT2D eigenvalue weighted by Crippen LogP contribution is -2.83. The lowest BCUT2D eigenvalue weighted by atomic mass is 9.37. The molecule has 33 heavy (non-hydrogen) atoms. The highest BCUT2D eigenvalue weighted by Gasteiger charge is 2.86. The number of hydrogen-bond acceptors (Lipinski definition) is 5. The maximum absolute atomic E-state index is 14.0. The number of aliphatic hydroxyl groups is 2. The molecule has 2 heterocycles. The molecular weight excluding hydrogens is 440 g/mol. The van der Waals surface area contributed by atoms with Crippen molar-refractivity contribution >= 4 is 17.4 Å². The van der Waals surface area contributed by atoms with Crippen LogP contribution in [0.25, 0.3) is 0 Å². The monoisotopic (exact) mass is 470 g/mol. The average Bonchev–Trinajstić information content (AvgIpc) is 2.88. The fraction of sp³-hybridized carbons (Fsp3) is 0.593. The van der Waals surface area contributed by atoms with Gasteiger partial charge in [0.05, 0.1) is 19.3 Å². The van der Waals surface area contributed by atoms with E-state index < -0.39 is 28.8 Å². The predicted molar refractivity (Wildman–Crippen MR) is 123 cm³/mol. The highest BCUT2D eigenvalue weighted by molar-refractivity contribution is 6.30. The molecule has 2 aliphatic heterocycles. The number of benzene rings is 1. The summed E-state index contributed by atoms with van der Waals surface area (Å²) in [5.41, 5.74) is -0.817. The van der Waals surface area contributed by atoms with Crippen molar-refractivity contribution in [2.45, 2.75) is 57.7 Å². The van der Waals surface area contributed by atoms with Crippen LogP contribution < -0.4 is 0 Å². The molecule has 6 aliphatic rings. The van der Waals surface area contributed by atoms with Gasteiger partial charge in [0.15, 0.2) is 5.78 Å². The second-order valence-electron chi connectivity index (χ2n) is 11.4. The van der Waals surface area contributed by atoms with Gasteiger partial charge in [0, 0.05) is 22.3 Å². The summed E-state index contributed by atoms with van der Waals surface area (Å²) >= 11 is 6.05. The SMILES string of the molecule is C=C1C(=O)[C@]23[C@H](O)[C@H]1CC[C@H]2[C@]12C=CCC(C)(C)[C@H]1[C@H](O)[C@@]3(OCc1ccc(Cl)cc1)OC2. The molecule has 0 unspecified atom stereocenters. The first-order valence-corrected chi connectivity index (χ1v) is 12.3. The Kier molecular flexibility index (Phi) is 4.53. The third kappa shape index (κ3) is 2.40. The normalized spacial score (nSPS) is 46.9. The molecule has 2 saturated heterocycles. The summed E-state index contributed by atoms with van der Waals surface area (Å²) in [6.07, 6.45) is 4.58. The third-order valence-electron chi connectivity index (χ3n) is 9.61.